The highest BCUT2D eigenvalue weighted by atomic mass is 16.8. The lowest BCUT2D eigenvalue weighted by molar-refractivity contribution is -0.181. The van der Waals surface area contributed by atoms with E-state index in [0.29, 0.717) is 6.42 Å². The molecule has 1 aliphatic heterocycles. The summed E-state index contributed by atoms with van der Waals surface area (Å²) < 4.78 is 20.7. The molecule has 0 bridgehead atoms. The number of hydrogen-bond donors (Lipinski definition) is 0. The van der Waals surface area contributed by atoms with Gasteiger partial charge in [-0.1, -0.05) is 6.92 Å². The topological polar surface area (TPSA) is 71.1 Å². The number of esters is 2. The van der Waals surface area contributed by atoms with Crippen molar-refractivity contribution in [3.05, 3.63) is 0 Å². The Bertz CT molecular complexity index is 288. The normalized spacial score (nSPS) is 25.8. The van der Waals surface area contributed by atoms with Gasteiger partial charge in [0.25, 0.3) is 0 Å². The average Bonchev–Trinajstić information content (AvgIpc) is 2.69. The minimum atomic E-state index is -1.06. The van der Waals surface area contributed by atoms with Gasteiger partial charge in [-0.25, -0.2) is 9.59 Å². The molecule has 0 unspecified atom stereocenters. The molecule has 1 fully saturated rings. The quantitative estimate of drug-likeness (QED) is 0.687. The molecular weight excluding hydrogens is 240 g/mol. The summed E-state index contributed by atoms with van der Waals surface area (Å²) in [4.78, 5) is 23.5. The van der Waals surface area contributed by atoms with Gasteiger partial charge in [-0.15, -0.1) is 0 Å². The lowest BCUT2D eigenvalue weighted by Gasteiger charge is -2.20. The molecule has 0 radical (unpaired) electrons. The summed E-state index contributed by atoms with van der Waals surface area (Å²) >= 11 is 0. The first kappa shape index (κ1) is 14.9. The first-order valence-corrected chi connectivity index (χ1v) is 6.16. The van der Waals surface area contributed by atoms with Crippen LogP contribution in [-0.4, -0.2) is 43.1 Å². The van der Waals surface area contributed by atoms with E-state index in [9.17, 15) is 9.59 Å². The maximum absolute atomic E-state index is 11.7. The molecule has 0 aliphatic carbocycles. The fourth-order valence-electron chi connectivity index (χ4n) is 1.65. The van der Waals surface area contributed by atoms with Gasteiger partial charge < -0.3 is 18.9 Å². The van der Waals surface area contributed by atoms with Crippen LogP contribution in [0, 0.1) is 0 Å². The van der Waals surface area contributed by atoms with Crippen LogP contribution in [-0.2, 0) is 28.5 Å². The van der Waals surface area contributed by atoms with Crippen LogP contribution >= 0.6 is 0 Å². The molecule has 104 valence electrons. The molecule has 0 spiro atoms. The van der Waals surface area contributed by atoms with Crippen LogP contribution in [0.15, 0.2) is 0 Å². The molecule has 0 N–H and O–H groups in total. The second-order valence-electron chi connectivity index (χ2n) is 4.07. The Morgan fingerprint density at radius 1 is 1.00 bits per heavy atom. The Kier molecular flexibility index (Phi) is 5.10. The maximum Gasteiger partial charge on any atom is 0.338 e. The van der Waals surface area contributed by atoms with Crippen LogP contribution in [0.2, 0.25) is 0 Å². The number of carbonyl (C=O) groups is 2. The highest BCUT2D eigenvalue weighted by Gasteiger charge is 2.51. The molecule has 6 nitrogen and oxygen atoms in total. The number of ether oxygens (including phenoxy) is 4. The SMILES string of the molecule is CCOC(=O)[C@@H]1OC(C)(CC)O[C@H]1C(=O)OCC. The monoisotopic (exact) mass is 260 g/mol. The summed E-state index contributed by atoms with van der Waals surface area (Å²) in [5.41, 5.74) is 0. The van der Waals surface area contributed by atoms with E-state index in [4.69, 9.17) is 18.9 Å². The van der Waals surface area contributed by atoms with Crippen molar-refractivity contribution in [2.75, 3.05) is 13.2 Å². The largest absolute Gasteiger partial charge is 0.464 e. The minimum Gasteiger partial charge on any atom is -0.464 e. The van der Waals surface area contributed by atoms with Crippen LogP contribution in [0.1, 0.15) is 34.1 Å². The molecule has 0 saturated carbocycles. The summed E-state index contributed by atoms with van der Waals surface area (Å²) in [6.07, 6.45) is -1.61. The van der Waals surface area contributed by atoms with E-state index in [1.807, 2.05) is 6.92 Å². The molecule has 2 atom stereocenters. The molecule has 1 saturated heterocycles. The molecule has 0 amide bonds. The van der Waals surface area contributed by atoms with Gasteiger partial charge in [0.05, 0.1) is 13.2 Å². The van der Waals surface area contributed by atoms with Crippen LogP contribution < -0.4 is 0 Å². The van der Waals surface area contributed by atoms with Crippen molar-refractivity contribution >= 4 is 11.9 Å². The molecular formula is C12H20O6. The zero-order valence-electron chi connectivity index (χ0n) is 11.2. The van der Waals surface area contributed by atoms with Gasteiger partial charge in [0.2, 0.25) is 0 Å². The van der Waals surface area contributed by atoms with E-state index in [0.717, 1.165) is 0 Å². The Morgan fingerprint density at radius 3 is 1.67 bits per heavy atom. The molecule has 6 heteroatoms. The van der Waals surface area contributed by atoms with Crippen molar-refractivity contribution in [3.8, 4) is 0 Å². The maximum atomic E-state index is 11.7. The Balaban J connectivity index is 2.83. The van der Waals surface area contributed by atoms with Gasteiger partial charge in [-0.05, 0) is 27.2 Å². The van der Waals surface area contributed by atoms with Gasteiger partial charge >= 0.3 is 11.9 Å². The first-order chi connectivity index (χ1) is 8.47. The lowest BCUT2D eigenvalue weighted by atomic mass is 10.2. The van der Waals surface area contributed by atoms with Gasteiger partial charge in [-0.2, -0.15) is 0 Å². The van der Waals surface area contributed by atoms with Crippen molar-refractivity contribution in [1.29, 1.82) is 0 Å². The lowest BCUT2D eigenvalue weighted by Crippen LogP contribution is -2.39. The predicted molar refractivity (Wildman–Crippen MR) is 61.7 cm³/mol. The average molecular weight is 260 g/mol. The molecule has 0 aromatic rings. The highest BCUT2D eigenvalue weighted by molar-refractivity contribution is 5.86. The fourth-order valence-corrected chi connectivity index (χ4v) is 1.65. The highest BCUT2D eigenvalue weighted by Crippen LogP contribution is 2.32. The van der Waals surface area contributed by atoms with Gasteiger partial charge in [0, 0.05) is 0 Å². The fraction of sp³-hybridized carbons (Fsp3) is 0.833. The summed E-state index contributed by atoms with van der Waals surface area (Å²) in [5.74, 6) is -2.17. The molecule has 1 heterocycles. The smallest absolute Gasteiger partial charge is 0.338 e. The summed E-state index contributed by atoms with van der Waals surface area (Å²) in [6.45, 7) is 7.33. The Morgan fingerprint density at radius 2 is 1.39 bits per heavy atom. The van der Waals surface area contributed by atoms with E-state index in [-0.39, 0.29) is 13.2 Å². The third kappa shape index (κ3) is 3.20. The van der Waals surface area contributed by atoms with E-state index < -0.39 is 29.9 Å². The Hall–Kier alpha value is -1.14. The van der Waals surface area contributed by atoms with Crippen LogP contribution in [0.5, 0.6) is 0 Å². The summed E-state index contributed by atoms with van der Waals surface area (Å²) in [7, 11) is 0. The van der Waals surface area contributed by atoms with Gasteiger partial charge in [0.15, 0.2) is 18.0 Å². The number of carbonyl (C=O) groups excluding carboxylic acids is 2. The zero-order valence-corrected chi connectivity index (χ0v) is 11.2. The van der Waals surface area contributed by atoms with E-state index in [1.165, 1.54) is 0 Å². The van der Waals surface area contributed by atoms with Gasteiger partial charge in [-0.3, -0.25) is 0 Å². The standard InChI is InChI=1S/C12H20O6/c1-5-12(4)17-8(10(13)15-6-2)9(18-12)11(14)16-7-3/h8-9H,5-7H2,1-4H3/t8-,9-/m1/s1. The van der Waals surface area contributed by atoms with Crippen molar-refractivity contribution in [2.24, 2.45) is 0 Å². The van der Waals surface area contributed by atoms with Gasteiger partial charge in [0.1, 0.15) is 0 Å². The summed E-state index contributed by atoms with van der Waals surface area (Å²) in [6, 6.07) is 0. The van der Waals surface area contributed by atoms with Crippen molar-refractivity contribution < 1.29 is 28.5 Å². The molecule has 1 rings (SSSR count). The zero-order chi connectivity index (χ0) is 13.8. The van der Waals surface area contributed by atoms with E-state index in [1.54, 1.807) is 20.8 Å². The van der Waals surface area contributed by atoms with Crippen LogP contribution in [0.4, 0.5) is 0 Å². The second kappa shape index (κ2) is 6.15. The minimum absolute atomic E-state index is 0.219. The van der Waals surface area contributed by atoms with Crippen LogP contribution in [0.25, 0.3) is 0 Å². The second-order valence-corrected chi connectivity index (χ2v) is 4.07. The van der Waals surface area contributed by atoms with Crippen molar-refractivity contribution in [2.45, 2.75) is 52.1 Å². The molecule has 0 aromatic heterocycles. The molecule has 0 aromatic carbocycles. The third-order valence-electron chi connectivity index (χ3n) is 2.71. The number of rotatable bonds is 5. The van der Waals surface area contributed by atoms with E-state index in [2.05, 4.69) is 0 Å². The third-order valence-corrected chi connectivity index (χ3v) is 2.71. The van der Waals surface area contributed by atoms with Crippen molar-refractivity contribution in [3.63, 3.8) is 0 Å². The Labute approximate surface area is 107 Å². The molecule has 1 aliphatic rings. The predicted octanol–water partition coefficient (Wildman–Crippen LogP) is 1.02. The number of hydrogen-bond acceptors (Lipinski definition) is 6. The van der Waals surface area contributed by atoms with E-state index >= 15 is 0 Å². The first-order valence-electron chi connectivity index (χ1n) is 6.16. The summed E-state index contributed by atoms with van der Waals surface area (Å²) in [5, 5.41) is 0. The molecule has 18 heavy (non-hydrogen) atoms. The van der Waals surface area contributed by atoms with Crippen molar-refractivity contribution in [1.82, 2.24) is 0 Å². The van der Waals surface area contributed by atoms with Crippen LogP contribution in [0.3, 0.4) is 0 Å².